The van der Waals surface area contributed by atoms with Gasteiger partial charge in [0.15, 0.2) is 0 Å². The van der Waals surface area contributed by atoms with Crippen molar-refractivity contribution in [1.82, 2.24) is 3.11 Å². The third-order valence-electron chi connectivity index (χ3n) is 1.08. The molecule has 0 amide bonds. The molecule has 0 aromatic rings. The van der Waals surface area contributed by atoms with E-state index in [1.807, 2.05) is 28.4 Å². The second-order valence-electron chi connectivity index (χ2n) is 1.89. The SMILES string of the molecule is C=C/C=C\C=C(/C=C)N(C)I. The highest BCUT2D eigenvalue weighted by Gasteiger charge is 1.90. The summed E-state index contributed by atoms with van der Waals surface area (Å²) in [4.78, 5) is 0. The number of hydrogen-bond acceptors (Lipinski definition) is 1. The molecule has 0 atom stereocenters. The molecule has 0 unspecified atom stereocenters. The van der Waals surface area contributed by atoms with Crippen molar-refractivity contribution in [1.29, 1.82) is 0 Å². The molecule has 0 rings (SSSR count). The summed E-state index contributed by atoms with van der Waals surface area (Å²) in [7, 11) is 1.97. The monoisotopic (exact) mass is 261 g/mol. The quantitative estimate of drug-likeness (QED) is 0.427. The van der Waals surface area contributed by atoms with Gasteiger partial charge in [0.25, 0.3) is 0 Å². The molecule has 0 saturated heterocycles. The van der Waals surface area contributed by atoms with Crippen LogP contribution in [0.4, 0.5) is 0 Å². The Labute approximate surface area is 82.3 Å². The third kappa shape index (κ3) is 4.84. The van der Waals surface area contributed by atoms with E-state index >= 15 is 0 Å². The highest BCUT2D eigenvalue weighted by molar-refractivity contribution is 14.1. The Morgan fingerprint density at radius 1 is 1.36 bits per heavy atom. The fraction of sp³-hybridized carbons (Fsp3) is 0.111. The molecule has 1 nitrogen and oxygen atoms in total. The van der Waals surface area contributed by atoms with Crippen molar-refractivity contribution >= 4 is 22.9 Å². The highest BCUT2D eigenvalue weighted by atomic mass is 127. The number of allylic oxidation sites excluding steroid dienone is 5. The Balaban J connectivity index is 4.23. The second-order valence-corrected chi connectivity index (χ2v) is 3.34. The van der Waals surface area contributed by atoms with Crippen LogP contribution in [0.1, 0.15) is 0 Å². The van der Waals surface area contributed by atoms with E-state index in [1.165, 1.54) is 0 Å². The first-order valence-corrected chi connectivity index (χ1v) is 4.20. The predicted octanol–water partition coefficient (Wildman–Crippen LogP) is 3.08. The molecule has 0 aliphatic carbocycles. The van der Waals surface area contributed by atoms with Crippen LogP contribution >= 0.6 is 22.9 Å². The molecule has 0 aromatic heterocycles. The Morgan fingerprint density at radius 2 is 2.00 bits per heavy atom. The van der Waals surface area contributed by atoms with Gasteiger partial charge in [-0.1, -0.05) is 31.4 Å². The van der Waals surface area contributed by atoms with E-state index in [0.717, 1.165) is 5.70 Å². The lowest BCUT2D eigenvalue weighted by Crippen LogP contribution is -1.99. The lowest BCUT2D eigenvalue weighted by molar-refractivity contribution is 0.785. The van der Waals surface area contributed by atoms with Crippen molar-refractivity contribution in [2.45, 2.75) is 0 Å². The maximum atomic E-state index is 3.69. The predicted molar refractivity (Wildman–Crippen MR) is 59.4 cm³/mol. The van der Waals surface area contributed by atoms with Crippen LogP contribution in [0.15, 0.2) is 49.2 Å². The van der Waals surface area contributed by atoms with Gasteiger partial charge >= 0.3 is 0 Å². The summed E-state index contributed by atoms with van der Waals surface area (Å²) in [5.41, 5.74) is 1.07. The zero-order valence-electron chi connectivity index (χ0n) is 6.63. The number of likely N-dealkylation sites (N-methyl/N-ethyl adjacent to an activating group) is 1. The molecule has 0 aromatic carbocycles. The maximum absolute atomic E-state index is 3.69. The average Bonchev–Trinajstić information content (AvgIpc) is 1.97. The molecular formula is C9H12IN. The Morgan fingerprint density at radius 3 is 2.36 bits per heavy atom. The van der Waals surface area contributed by atoms with Gasteiger partial charge in [0.05, 0.1) is 22.9 Å². The molecule has 0 bridgehead atoms. The molecule has 0 aliphatic heterocycles. The molecule has 11 heavy (non-hydrogen) atoms. The number of hydrogen-bond donors (Lipinski definition) is 0. The van der Waals surface area contributed by atoms with E-state index in [0.29, 0.717) is 0 Å². The zero-order valence-corrected chi connectivity index (χ0v) is 8.78. The fourth-order valence-electron chi connectivity index (χ4n) is 0.529. The summed E-state index contributed by atoms with van der Waals surface area (Å²) in [6.07, 6.45) is 9.33. The minimum atomic E-state index is 1.07. The van der Waals surface area contributed by atoms with Crippen LogP contribution in [0.3, 0.4) is 0 Å². The first-order chi connectivity index (χ1) is 5.22. The summed E-state index contributed by atoms with van der Waals surface area (Å²) in [6, 6.07) is 0. The van der Waals surface area contributed by atoms with Crippen LogP contribution < -0.4 is 0 Å². The van der Waals surface area contributed by atoms with Gasteiger partial charge in [0.1, 0.15) is 0 Å². The standard InChI is InChI=1S/C9H12IN/c1-4-6-7-8-9(5-2)11(3)10/h4-8H,1-2H2,3H3/b7-6-,9-8+. The van der Waals surface area contributed by atoms with Crippen LogP contribution in [-0.2, 0) is 0 Å². The van der Waals surface area contributed by atoms with Crippen LogP contribution in [-0.4, -0.2) is 10.2 Å². The van der Waals surface area contributed by atoms with Gasteiger partial charge in [-0.05, 0) is 12.2 Å². The van der Waals surface area contributed by atoms with E-state index in [1.54, 1.807) is 12.2 Å². The van der Waals surface area contributed by atoms with Gasteiger partial charge in [-0.25, -0.2) is 0 Å². The molecule has 0 aliphatic rings. The third-order valence-corrected chi connectivity index (χ3v) is 1.64. The summed E-state index contributed by atoms with van der Waals surface area (Å²) in [5, 5.41) is 0. The normalized spacial score (nSPS) is 11.6. The largest absolute Gasteiger partial charge is 0.318 e. The molecule has 0 fully saturated rings. The maximum Gasteiger partial charge on any atom is 0.0588 e. The van der Waals surface area contributed by atoms with E-state index in [2.05, 4.69) is 36.0 Å². The zero-order chi connectivity index (χ0) is 8.69. The van der Waals surface area contributed by atoms with Crippen molar-refractivity contribution in [2.75, 3.05) is 7.05 Å². The topological polar surface area (TPSA) is 3.24 Å². The van der Waals surface area contributed by atoms with Gasteiger partial charge in [-0.3, -0.25) is 0 Å². The Hall–Kier alpha value is -0.510. The Bertz CT molecular complexity index is 190. The second kappa shape index (κ2) is 6.22. The highest BCUT2D eigenvalue weighted by Crippen LogP contribution is 2.07. The van der Waals surface area contributed by atoms with E-state index in [9.17, 15) is 0 Å². The summed E-state index contributed by atoms with van der Waals surface area (Å²) in [6.45, 7) is 7.26. The van der Waals surface area contributed by atoms with Gasteiger partial charge in [-0.15, -0.1) is 0 Å². The smallest absolute Gasteiger partial charge is 0.0588 e. The van der Waals surface area contributed by atoms with Gasteiger partial charge in [0, 0.05) is 12.7 Å². The van der Waals surface area contributed by atoms with Crippen molar-refractivity contribution < 1.29 is 0 Å². The van der Waals surface area contributed by atoms with Crippen molar-refractivity contribution in [3.8, 4) is 0 Å². The number of nitrogens with zero attached hydrogens (tertiary/aromatic N) is 1. The minimum absolute atomic E-state index is 1.07. The van der Waals surface area contributed by atoms with Crippen LogP contribution in [0.2, 0.25) is 0 Å². The average molecular weight is 261 g/mol. The van der Waals surface area contributed by atoms with Crippen LogP contribution in [0, 0.1) is 0 Å². The number of rotatable bonds is 4. The Kier molecular flexibility index (Phi) is 5.93. The lowest BCUT2D eigenvalue weighted by Gasteiger charge is -2.08. The first kappa shape index (κ1) is 10.5. The van der Waals surface area contributed by atoms with Gasteiger partial charge < -0.3 is 3.11 Å². The van der Waals surface area contributed by atoms with Gasteiger partial charge in [-0.2, -0.15) is 0 Å². The van der Waals surface area contributed by atoms with Gasteiger partial charge in [0.2, 0.25) is 0 Å². The molecule has 0 saturated carbocycles. The van der Waals surface area contributed by atoms with E-state index in [-0.39, 0.29) is 0 Å². The lowest BCUT2D eigenvalue weighted by atomic mass is 10.3. The molecule has 0 heterocycles. The molecule has 0 N–H and O–H groups in total. The summed E-state index contributed by atoms with van der Waals surface area (Å²) >= 11 is 2.19. The molecule has 60 valence electrons. The van der Waals surface area contributed by atoms with E-state index < -0.39 is 0 Å². The van der Waals surface area contributed by atoms with E-state index in [4.69, 9.17) is 0 Å². The van der Waals surface area contributed by atoms with Crippen molar-refractivity contribution in [3.05, 3.63) is 49.2 Å². The minimum Gasteiger partial charge on any atom is -0.318 e. The molecule has 2 heteroatoms. The molecule has 0 spiro atoms. The van der Waals surface area contributed by atoms with Crippen LogP contribution in [0.25, 0.3) is 0 Å². The summed E-state index contributed by atoms with van der Waals surface area (Å²) < 4.78 is 1.97. The van der Waals surface area contributed by atoms with Crippen LogP contribution in [0.5, 0.6) is 0 Å². The fourth-order valence-corrected chi connectivity index (χ4v) is 0.887. The molecular weight excluding hydrogens is 249 g/mol. The molecule has 0 radical (unpaired) electrons. The van der Waals surface area contributed by atoms with Crippen molar-refractivity contribution in [2.24, 2.45) is 0 Å². The van der Waals surface area contributed by atoms with Crippen molar-refractivity contribution in [3.63, 3.8) is 0 Å². The first-order valence-electron chi connectivity index (χ1n) is 3.23. The summed E-state index contributed by atoms with van der Waals surface area (Å²) in [5.74, 6) is 0. The number of halogens is 1.